The molecule has 2 heteroatoms. The average molecular weight is 229 g/mol. The van der Waals surface area contributed by atoms with Crippen molar-refractivity contribution in [3.63, 3.8) is 0 Å². The molecule has 1 aliphatic carbocycles. The van der Waals surface area contributed by atoms with E-state index in [2.05, 4.69) is 0 Å². The monoisotopic (exact) mass is 228 g/mol. The fourth-order valence-electron chi connectivity index (χ4n) is 2.08. The van der Waals surface area contributed by atoms with Crippen molar-refractivity contribution in [2.75, 3.05) is 0 Å². The van der Waals surface area contributed by atoms with Crippen molar-refractivity contribution >= 4 is 17.9 Å². The Bertz CT molecular complexity index is 221. The molecule has 0 saturated carbocycles. The van der Waals surface area contributed by atoms with Gasteiger partial charge in [-0.2, -0.15) is 0 Å². The third kappa shape index (κ3) is 5.36. The van der Waals surface area contributed by atoms with E-state index in [0.717, 1.165) is 42.6 Å². The van der Waals surface area contributed by atoms with Gasteiger partial charge in [-0.05, 0) is 25.7 Å². The van der Waals surface area contributed by atoms with Crippen LogP contribution >= 0.6 is 11.6 Å². The van der Waals surface area contributed by atoms with Crippen molar-refractivity contribution in [1.82, 2.24) is 0 Å². The molecule has 86 valence electrons. The van der Waals surface area contributed by atoms with Crippen LogP contribution in [-0.4, -0.2) is 6.29 Å². The summed E-state index contributed by atoms with van der Waals surface area (Å²) >= 11 is 6.13. The molecule has 0 saturated heterocycles. The van der Waals surface area contributed by atoms with Crippen molar-refractivity contribution in [2.24, 2.45) is 0 Å². The van der Waals surface area contributed by atoms with E-state index in [1.54, 1.807) is 0 Å². The maximum atomic E-state index is 10.8. The highest BCUT2D eigenvalue weighted by atomic mass is 35.5. The fraction of sp³-hybridized carbons (Fsp3) is 0.769. The van der Waals surface area contributed by atoms with Gasteiger partial charge in [-0.15, -0.1) is 0 Å². The van der Waals surface area contributed by atoms with Crippen molar-refractivity contribution in [3.8, 4) is 0 Å². The molecule has 15 heavy (non-hydrogen) atoms. The Hall–Kier alpha value is -0.300. The summed E-state index contributed by atoms with van der Waals surface area (Å²) in [6.45, 7) is 0. The number of allylic oxidation sites excluding steroid dienone is 2. The van der Waals surface area contributed by atoms with Crippen molar-refractivity contribution in [1.29, 1.82) is 0 Å². The van der Waals surface area contributed by atoms with E-state index in [-0.39, 0.29) is 0 Å². The van der Waals surface area contributed by atoms with Gasteiger partial charge in [0.1, 0.15) is 6.29 Å². The maximum Gasteiger partial charge on any atom is 0.147 e. The second-order valence-corrected chi connectivity index (χ2v) is 4.83. The van der Waals surface area contributed by atoms with Crippen molar-refractivity contribution < 1.29 is 4.79 Å². The second kappa shape index (κ2) is 7.92. The standard InChI is InChI=1S/C13H21ClO/c14-13-10-8-6-4-2-1-3-5-7-9-12(13)11-15/h11H,1-10H2. The molecule has 0 heterocycles. The third-order valence-corrected chi connectivity index (χ3v) is 3.51. The van der Waals surface area contributed by atoms with Gasteiger partial charge in [0.25, 0.3) is 0 Å². The number of carbonyl (C=O) groups excluding carboxylic acids is 1. The summed E-state index contributed by atoms with van der Waals surface area (Å²) in [5.41, 5.74) is 0.845. The highest BCUT2D eigenvalue weighted by Crippen LogP contribution is 2.22. The average Bonchev–Trinajstić information content (AvgIpc) is 2.23. The van der Waals surface area contributed by atoms with Gasteiger partial charge < -0.3 is 0 Å². The predicted octanol–water partition coefficient (Wildman–Crippen LogP) is 4.59. The highest BCUT2D eigenvalue weighted by molar-refractivity contribution is 6.31. The number of hydrogen-bond donors (Lipinski definition) is 0. The minimum atomic E-state index is 0.811. The number of carbonyl (C=O) groups is 1. The molecule has 0 aromatic rings. The molecule has 0 atom stereocenters. The van der Waals surface area contributed by atoms with Gasteiger partial charge in [-0.1, -0.05) is 50.1 Å². The van der Waals surface area contributed by atoms with Crippen LogP contribution in [0.4, 0.5) is 0 Å². The summed E-state index contributed by atoms with van der Waals surface area (Å²) in [6, 6.07) is 0. The molecule has 0 fully saturated rings. The molecule has 0 bridgehead atoms. The Morgan fingerprint density at radius 3 is 1.80 bits per heavy atom. The molecule has 1 rings (SSSR count). The Morgan fingerprint density at radius 2 is 1.27 bits per heavy atom. The maximum absolute atomic E-state index is 10.8. The lowest BCUT2D eigenvalue weighted by atomic mass is 10.0. The Kier molecular flexibility index (Phi) is 6.74. The zero-order valence-corrected chi connectivity index (χ0v) is 10.2. The molecule has 0 radical (unpaired) electrons. The van der Waals surface area contributed by atoms with Crippen LogP contribution in [-0.2, 0) is 4.79 Å². The smallest absolute Gasteiger partial charge is 0.147 e. The molecular weight excluding hydrogens is 208 g/mol. The van der Waals surface area contributed by atoms with Crippen molar-refractivity contribution in [3.05, 3.63) is 10.6 Å². The van der Waals surface area contributed by atoms with Gasteiger partial charge in [-0.3, -0.25) is 4.79 Å². The van der Waals surface area contributed by atoms with Gasteiger partial charge in [0, 0.05) is 10.6 Å². The molecule has 0 aromatic carbocycles. The number of rotatable bonds is 1. The quantitative estimate of drug-likeness (QED) is 0.600. The SMILES string of the molecule is O=CC1=C(Cl)CCCCCCCCCC1. The zero-order valence-electron chi connectivity index (χ0n) is 9.43. The number of hydrogen-bond acceptors (Lipinski definition) is 1. The second-order valence-electron chi connectivity index (χ2n) is 4.38. The zero-order chi connectivity index (χ0) is 10.9. The third-order valence-electron chi connectivity index (χ3n) is 3.08. The summed E-state index contributed by atoms with van der Waals surface area (Å²) in [5, 5.41) is 0.811. The number of halogens is 1. The van der Waals surface area contributed by atoms with E-state index in [9.17, 15) is 4.79 Å². The Labute approximate surface area is 97.9 Å². The van der Waals surface area contributed by atoms with E-state index < -0.39 is 0 Å². The minimum absolute atomic E-state index is 0.811. The topological polar surface area (TPSA) is 17.1 Å². The lowest BCUT2D eigenvalue weighted by Crippen LogP contribution is -1.92. The van der Waals surface area contributed by atoms with E-state index in [1.165, 1.54) is 38.5 Å². The Morgan fingerprint density at radius 1 is 0.800 bits per heavy atom. The van der Waals surface area contributed by atoms with Crippen LogP contribution in [0.15, 0.2) is 10.6 Å². The summed E-state index contributed by atoms with van der Waals surface area (Å²) in [5.74, 6) is 0. The molecule has 0 unspecified atom stereocenters. The summed E-state index contributed by atoms with van der Waals surface area (Å²) < 4.78 is 0. The van der Waals surface area contributed by atoms with Gasteiger partial charge in [0.05, 0.1) is 0 Å². The molecule has 1 nitrogen and oxygen atoms in total. The van der Waals surface area contributed by atoms with E-state index >= 15 is 0 Å². The van der Waals surface area contributed by atoms with E-state index in [1.807, 2.05) is 0 Å². The predicted molar refractivity (Wildman–Crippen MR) is 65.1 cm³/mol. The largest absolute Gasteiger partial charge is 0.298 e. The van der Waals surface area contributed by atoms with Crippen LogP contribution in [0.5, 0.6) is 0 Å². The molecule has 1 aliphatic rings. The number of aldehydes is 1. The molecule has 0 spiro atoms. The van der Waals surface area contributed by atoms with Crippen LogP contribution in [0.25, 0.3) is 0 Å². The lowest BCUT2D eigenvalue weighted by Gasteiger charge is -2.08. The first-order valence-electron chi connectivity index (χ1n) is 6.17. The summed E-state index contributed by atoms with van der Waals surface area (Å²) in [7, 11) is 0. The summed E-state index contributed by atoms with van der Waals surface area (Å²) in [4.78, 5) is 10.8. The van der Waals surface area contributed by atoms with E-state index in [0.29, 0.717) is 0 Å². The first-order chi connectivity index (χ1) is 7.34. The summed E-state index contributed by atoms with van der Waals surface area (Å²) in [6.07, 6.45) is 12.8. The van der Waals surface area contributed by atoms with Crippen molar-refractivity contribution in [2.45, 2.75) is 64.2 Å². The highest BCUT2D eigenvalue weighted by Gasteiger charge is 2.05. The first kappa shape index (κ1) is 12.8. The van der Waals surface area contributed by atoms with Gasteiger partial charge in [0.15, 0.2) is 0 Å². The van der Waals surface area contributed by atoms with Gasteiger partial charge in [-0.25, -0.2) is 0 Å². The fourth-order valence-corrected chi connectivity index (χ4v) is 2.35. The Balaban J connectivity index is 2.49. The first-order valence-corrected chi connectivity index (χ1v) is 6.55. The van der Waals surface area contributed by atoms with Crippen LogP contribution in [0.3, 0.4) is 0 Å². The van der Waals surface area contributed by atoms with Crippen LogP contribution in [0, 0.1) is 0 Å². The van der Waals surface area contributed by atoms with E-state index in [4.69, 9.17) is 11.6 Å². The minimum Gasteiger partial charge on any atom is -0.298 e. The van der Waals surface area contributed by atoms with Crippen LogP contribution in [0.1, 0.15) is 64.2 Å². The molecule has 0 aliphatic heterocycles. The van der Waals surface area contributed by atoms with Crippen LogP contribution in [0.2, 0.25) is 0 Å². The molecule has 0 aromatic heterocycles. The molecule has 0 N–H and O–H groups in total. The molecular formula is C13H21ClO. The van der Waals surface area contributed by atoms with Gasteiger partial charge >= 0.3 is 0 Å². The van der Waals surface area contributed by atoms with Crippen LogP contribution < -0.4 is 0 Å². The lowest BCUT2D eigenvalue weighted by molar-refractivity contribution is -0.105. The normalized spacial score (nSPS) is 21.7. The van der Waals surface area contributed by atoms with Gasteiger partial charge in [0.2, 0.25) is 0 Å². The molecule has 0 amide bonds.